The van der Waals surface area contributed by atoms with E-state index in [0.29, 0.717) is 42.7 Å². The zero-order chi connectivity index (χ0) is 23.1. The molecule has 0 aliphatic carbocycles. The van der Waals surface area contributed by atoms with Crippen LogP contribution in [0.2, 0.25) is 5.02 Å². The molecular formula is C21H25ClN4O5S. The molecule has 1 heterocycles. The standard InChI is InChI=1S/C21H25ClN4O5S/c1-15-18(22)6-3-7-19(15)25-21(28)14-24-20(27)13-23-16-4-2-5-17(12-16)32(29,30)26-8-10-31-11-9-26/h2-7,12,23H,8-11,13-14H2,1H3,(H,24,27)(H,25,28). The fourth-order valence-electron chi connectivity index (χ4n) is 3.06. The van der Waals surface area contributed by atoms with E-state index in [-0.39, 0.29) is 23.9 Å². The number of rotatable bonds is 8. The zero-order valence-electron chi connectivity index (χ0n) is 17.6. The molecule has 0 saturated carbocycles. The minimum atomic E-state index is -3.63. The van der Waals surface area contributed by atoms with Crippen LogP contribution >= 0.6 is 11.6 Å². The maximum Gasteiger partial charge on any atom is 0.243 e. The molecule has 3 rings (SSSR count). The van der Waals surface area contributed by atoms with E-state index in [1.807, 2.05) is 0 Å². The van der Waals surface area contributed by atoms with Gasteiger partial charge in [0.05, 0.1) is 31.2 Å². The van der Waals surface area contributed by atoms with Crippen molar-refractivity contribution in [1.29, 1.82) is 0 Å². The van der Waals surface area contributed by atoms with Crippen LogP contribution in [0.5, 0.6) is 0 Å². The Morgan fingerprint density at radius 1 is 1.06 bits per heavy atom. The maximum absolute atomic E-state index is 12.8. The van der Waals surface area contributed by atoms with Crippen LogP contribution < -0.4 is 16.0 Å². The predicted molar refractivity (Wildman–Crippen MR) is 122 cm³/mol. The van der Waals surface area contributed by atoms with Gasteiger partial charge < -0.3 is 20.7 Å². The minimum Gasteiger partial charge on any atom is -0.379 e. The summed E-state index contributed by atoms with van der Waals surface area (Å²) >= 11 is 6.03. The van der Waals surface area contributed by atoms with Crippen LogP contribution in [0.15, 0.2) is 47.4 Å². The van der Waals surface area contributed by atoms with Crippen molar-refractivity contribution < 1.29 is 22.7 Å². The molecule has 32 heavy (non-hydrogen) atoms. The zero-order valence-corrected chi connectivity index (χ0v) is 19.1. The first-order chi connectivity index (χ1) is 15.3. The van der Waals surface area contributed by atoms with Gasteiger partial charge in [0, 0.05) is 29.5 Å². The van der Waals surface area contributed by atoms with Gasteiger partial charge in [0.25, 0.3) is 0 Å². The average molecular weight is 481 g/mol. The lowest BCUT2D eigenvalue weighted by molar-refractivity contribution is -0.122. The molecule has 1 aliphatic rings. The number of sulfonamides is 1. The SMILES string of the molecule is Cc1c(Cl)cccc1NC(=O)CNC(=O)CNc1cccc(S(=O)(=O)N2CCOCC2)c1. The summed E-state index contributed by atoms with van der Waals surface area (Å²) in [7, 11) is -3.63. The van der Waals surface area contributed by atoms with E-state index in [4.69, 9.17) is 16.3 Å². The fourth-order valence-corrected chi connectivity index (χ4v) is 4.69. The first kappa shape index (κ1) is 24.0. The van der Waals surface area contributed by atoms with Crippen molar-refractivity contribution in [2.45, 2.75) is 11.8 Å². The molecule has 9 nitrogen and oxygen atoms in total. The van der Waals surface area contributed by atoms with E-state index in [9.17, 15) is 18.0 Å². The molecule has 0 radical (unpaired) electrons. The van der Waals surface area contributed by atoms with Crippen molar-refractivity contribution in [1.82, 2.24) is 9.62 Å². The van der Waals surface area contributed by atoms with Crippen LogP contribution in [0.4, 0.5) is 11.4 Å². The smallest absolute Gasteiger partial charge is 0.243 e. The second-order valence-corrected chi connectivity index (χ2v) is 9.48. The molecule has 0 atom stereocenters. The highest BCUT2D eigenvalue weighted by Crippen LogP contribution is 2.23. The van der Waals surface area contributed by atoms with E-state index >= 15 is 0 Å². The lowest BCUT2D eigenvalue weighted by Gasteiger charge is -2.26. The topological polar surface area (TPSA) is 117 Å². The number of carbonyl (C=O) groups is 2. The Kier molecular flexibility index (Phi) is 8.08. The predicted octanol–water partition coefficient (Wildman–Crippen LogP) is 1.84. The Balaban J connectivity index is 1.50. The second-order valence-electron chi connectivity index (χ2n) is 7.14. The second kappa shape index (κ2) is 10.8. The minimum absolute atomic E-state index is 0.121. The molecule has 1 aliphatic heterocycles. The summed E-state index contributed by atoms with van der Waals surface area (Å²) < 4.78 is 32.1. The van der Waals surface area contributed by atoms with Crippen molar-refractivity contribution >= 4 is 44.8 Å². The van der Waals surface area contributed by atoms with Gasteiger partial charge in [-0.2, -0.15) is 4.31 Å². The highest BCUT2D eigenvalue weighted by Gasteiger charge is 2.26. The van der Waals surface area contributed by atoms with E-state index in [0.717, 1.165) is 5.56 Å². The molecule has 0 unspecified atom stereocenters. The van der Waals surface area contributed by atoms with Gasteiger partial charge in [0.2, 0.25) is 21.8 Å². The summed E-state index contributed by atoms with van der Waals surface area (Å²) in [5.41, 5.74) is 1.80. The number of carbonyl (C=O) groups excluding carboxylic acids is 2. The van der Waals surface area contributed by atoms with Gasteiger partial charge in [-0.05, 0) is 42.8 Å². The first-order valence-electron chi connectivity index (χ1n) is 10.0. The number of nitrogens with zero attached hydrogens (tertiary/aromatic N) is 1. The summed E-state index contributed by atoms with van der Waals surface area (Å²) in [6.07, 6.45) is 0. The van der Waals surface area contributed by atoms with Crippen LogP contribution in [0.25, 0.3) is 0 Å². The van der Waals surface area contributed by atoms with Crippen molar-refractivity contribution in [2.24, 2.45) is 0 Å². The first-order valence-corrected chi connectivity index (χ1v) is 11.8. The summed E-state index contributed by atoms with van der Waals surface area (Å²) in [6, 6.07) is 11.4. The van der Waals surface area contributed by atoms with Crippen LogP contribution in [-0.2, 0) is 24.3 Å². The number of halogens is 1. The van der Waals surface area contributed by atoms with Gasteiger partial charge in [0.15, 0.2) is 0 Å². The van der Waals surface area contributed by atoms with Crippen LogP contribution in [0.1, 0.15) is 5.56 Å². The van der Waals surface area contributed by atoms with E-state index in [1.165, 1.54) is 16.4 Å². The quantitative estimate of drug-likeness (QED) is 0.530. The third-order valence-electron chi connectivity index (χ3n) is 4.88. The van der Waals surface area contributed by atoms with Crippen LogP contribution in [0, 0.1) is 6.92 Å². The third kappa shape index (κ3) is 6.19. The molecule has 11 heteroatoms. The molecule has 172 valence electrons. The monoisotopic (exact) mass is 480 g/mol. The Morgan fingerprint density at radius 3 is 2.53 bits per heavy atom. The number of anilines is 2. The molecule has 0 spiro atoms. The summed E-state index contributed by atoms with van der Waals surface area (Å²) in [6.45, 7) is 2.79. The number of nitrogens with one attached hydrogen (secondary N) is 3. The van der Waals surface area contributed by atoms with Crippen molar-refractivity contribution in [3.8, 4) is 0 Å². The lowest BCUT2D eigenvalue weighted by atomic mass is 10.2. The van der Waals surface area contributed by atoms with Crippen molar-refractivity contribution in [3.63, 3.8) is 0 Å². The average Bonchev–Trinajstić information content (AvgIpc) is 2.80. The number of amides is 2. The Labute approximate surface area is 192 Å². The molecule has 2 aromatic rings. The number of ether oxygens (including phenoxy) is 1. The van der Waals surface area contributed by atoms with E-state index in [1.54, 1.807) is 37.3 Å². The molecule has 1 fully saturated rings. The normalized spacial score (nSPS) is 14.6. The third-order valence-corrected chi connectivity index (χ3v) is 7.19. The van der Waals surface area contributed by atoms with Crippen molar-refractivity contribution in [3.05, 3.63) is 53.1 Å². The largest absolute Gasteiger partial charge is 0.379 e. The lowest BCUT2D eigenvalue weighted by Crippen LogP contribution is -2.40. The van der Waals surface area contributed by atoms with Gasteiger partial charge in [0.1, 0.15) is 0 Å². The molecule has 2 amide bonds. The highest BCUT2D eigenvalue weighted by atomic mass is 35.5. The number of hydrogen-bond acceptors (Lipinski definition) is 6. The maximum atomic E-state index is 12.8. The van der Waals surface area contributed by atoms with Crippen LogP contribution in [0.3, 0.4) is 0 Å². The molecule has 3 N–H and O–H groups in total. The number of benzene rings is 2. The Hall–Kier alpha value is -2.66. The summed E-state index contributed by atoms with van der Waals surface area (Å²) in [4.78, 5) is 24.3. The fraction of sp³-hybridized carbons (Fsp3) is 0.333. The molecule has 0 aromatic heterocycles. The van der Waals surface area contributed by atoms with E-state index in [2.05, 4.69) is 16.0 Å². The number of hydrogen-bond donors (Lipinski definition) is 3. The van der Waals surface area contributed by atoms with Gasteiger partial charge in [-0.3, -0.25) is 9.59 Å². The van der Waals surface area contributed by atoms with Gasteiger partial charge in [-0.15, -0.1) is 0 Å². The molecule has 2 aromatic carbocycles. The molecule has 1 saturated heterocycles. The molecule has 0 bridgehead atoms. The number of morpholine rings is 1. The highest BCUT2D eigenvalue weighted by molar-refractivity contribution is 7.89. The van der Waals surface area contributed by atoms with Gasteiger partial charge >= 0.3 is 0 Å². The van der Waals surface area contributed by atoms with Gasteiger partial charge in [-0.1, -0.05) is 23.7 Å². The summed E-state index contributed by atoms with van der Waals surface area (Å²) in [5.74, 6) is -0.799. The Morgan fingerprint density at radius 2 is 1.78 bits per heavy atom. The molecular weight excluding hydrogens is 456 g/mol. The van der Waals surface area contributed by atoms with Crippen molar-refractivity contribution in [2.75, 3.05) is 50.0 Å². The Bertz CT molecular complexity index is 1090. The van der Waals surface area contributed by atoms with E-state index < -0.39 is 15.9 Å². The van der Waals surface area contributed by atoms with Gasteiger partial charge in [-0.25, -0.2) is 8.42 Å². The summed E-state index contributed by atoms with van der Waals surface area (Å²) in [5, 5.41) is 8.63. The van der Waals surface area contributed by atoms with Crippen LogP contribution in [-0.4, -0.2) is 63.9 Å².